The zero-order chi connectivity index (χ0) is 16.8. The van der Waals surface area contributed by atoms with E-state index in [1.165, 1.54) is 12.1 Å². The molecule has 0 saturated carbocycles. The molecule has 7 nitrogen and oxygen atoms in total. The Bertz CT molecular complexity index is 821. The third-order valence-electron chi connectivity index (χ3n) is 4.77. The van der Waals surface area contributed by atoms with E-state index in [0.717, 1.165) is 16.9 Å². The van der Waals surface area contributed by atoms with Gasteiger partial charge in [-0.25, -0.2) is 0 Å². The zero-order valence-corrected chi connectivity index (χ0v) is 13.0. The van der Waals surface area contributed by atoms with Gasteiger partial charge in [0, 0.05) is 19.2 Å². The van der Waals surface area contributed by atoms with Gasteiger partial charge in [-0.05, 0) is 17.7 Å². The van der Waals surface area contributed by atoms with Crippen molar-refractivity contribution in [2.24, 2.45) is 0 Å². The van der Waals surface area contributed by atoms with E-state index in [1.54, 1.807) is 12.1 Å². The van der Waals surface area contributed by atoms with Crippen molar-refractivity contribution in [3.05, 3.63) is 64.2 Å². The maximum atomic E-state index is 12.5. The summed E-state index contributed by atoms with van der Waals surface area (Å²) in [5.74, 6) is -0.465. The molecule has 0 bridgehead atoms. The highest BCUT2D eigenvalue weighted by Gasteiger charge is 2.48. The van der Waals surface area contributed by atoms with Crippen molar-refractivity contribution in [1.29, 1.82) is 0 Å². The molecule has 1 amide bonds. The van der Waals surface area contributed by atoms with Gasteiger partial charge in [0.25, 0.3) is 5.69 Å². The third-order valence-corrected chi connectivity index (χ3v) is 4.77. The number of rotatable bonds is 2. The standard InChI is InChI=1S/C17H16N4O3/c1-20-13-5-3-2-4-12(13)18-16-15(20)14(17(22)19-16)10-6-8-11(9-7-10)21(23)24/h2-9,14-16,18H,1H3,(H,19,22)/t14?,15-,16+/m0/s1. The van der Waals surface area contributed by atoms with Crippen LogP contribution >= 0.6 is 0 Å². The number of hydrogen-bond donors (Lipinski definition) is 2. The first-order valence-electron chi connectivity index (χ1n) is 7.69. The van der Waals surface area contributed by atoms with Gasteiger partial charge < -0.3 is 15.5 Å². The number of nitrogens with zero attached hydrogens (tertiary/aromatic N) is 2. The number of nitro benzene ring substituents is 1. The summed E-state index contributed by atoms with van der Waals surface area (Å²) in [4.78, 5) is 25.0. The summed E-state index contributed by atoms with van der Waals surface area (Å²) in [6.45, 7) is 0. The second-order valence-corrected chi connectivity index (χ2v) is 6.08. The lowest BCUT2D eigenvalue weighted by molar-refractivity contribution is -0.384. The van der Waals surface area contributed by atoms with Gasteiger partial charge >= 0.3 is 0 Å². The van der Waals surface area contributed by atoms with Crippen molar-refractivity contribution >= 4 is 23.0 Å². The molecule has 122 valence electrons. The van der Waals surface area contributed by atoms with Crippen molar-refractivity contribution in [3.63, 3.8) is 0 Å². The molecule has 2 aromatic carbocycles. The van der Waals surface area contributed by atoms with E-state index in [4.69, 9.17) is 0 Å². The highest BCUT2D eigenvalue weighted by atomic mass is 16.6. The number of fused-ring (bicyclic) bond motifs is 2. The molecule has 4 rings (SSSR count). The Morgan fingerprint density at radius 3 is 2.50 bits per heavy atom. The minimum atomic E-state index is -0.439. The SMILES string of the molecule is CN1c2ccccc2N[C@@H]2NC(=O)C(c3ccc([N+](=O)[O-])cc3)[C@@H]21. The predicted molar refractivity (Wildman–Crippen MR) is 90.0 cm³/mol. The number of nitrogens with one attached hydrogen (secondary N) is 2. The van der Waals surface area contributed by atoms with Crippen LogP contribution in [0.2, 0.25) is 0 Å². The number of benzene rings is 2. The average molecular weight is 324 g/mol. The molecular formula is C17H16N4O3. The van der Waals surface area contributed by atoms with Crippen LogP contribution in [0, 0.1) is 10.1 Å². The predicted octanol–water partition coefficient (Wildman–Crippen LogP) is 2.06. The Labute approximate surface area is 138 Å². The molecule has 2 heterocycles. The highest BCUT2D eigenvalue weighted by molar-refractivity contribution is 5.91. The van der Waals surface area contributed by atoms with E-state index in [2.05, 4.69) is 15.5 Å². The molecule has 1 unspecified atom stereocenters. The zero-order valence-electron chi connectivity index (χ0n) is 13.0. The van der Waals surface area contributed by atoms with E-state index in [-0.39, 0.29) is 29.7 Å². The minimum absolute atomic E-state index is 0.0224. The van der Waals surface area contributed by atoms with Crippen LogP contribution in [0.15, 0.2) is 48.5 Å². The number of carbonyl (C=O) groups is 1. The first kappa shape index (κ1) is 14.5. The molecule has 2 N–H and O–H groups in total. The lowest BCUT2D eigenvalue weighted by atomic mass is 9.90. The van der Waals surface area contributed by atoms with Crippen LogP contribution in [0.1, 0.15) is 11.5 Å². The van der Waals surface area contributed by atoms with Crippen LogP contribution in [-0.4, -0.2) is 30.1 Å². The van der Waals surface area contributed by atoms with Crippen LogP contribution in [-0.2, 0) is 4.79 Å². The topological polar surface area (TPSA) is 87.5 Å². The van der Waals surface area contributed by atoms with Gasteiger partial charge in [0.1, 0.15) is 6.17 Å². The Hall–Kier alpha value is -3.09. The number of para-hydroxylation sites is 2. The number of nitro groups is 1. The number of anilines is 2. The quantitative estimate of drug-likeness (QED) is 0.652. The van der Waals surface area contributed by atoms with Crippen LogP contribution in [0.4, 0.5) is 17.1 Å². The monoisotopic (exact) mass is 324 g/mol. The summed E-state index contributed by atoms with van der Waals surface area (Å²) in [7, 11) is 1.97. The van der Waals surface area contributed by atoms with Crippen molar-refractivity contribution < 1.29 is 9.72 Å². The Morgan fingerprint density at radius 2 is 1.79 bits per heavy atom. The molecule has 7 heteroatoms. The first-order valence-corrected chi connectivity index (χ1v) is 7.69. The fraction of sp³-hybridized carbons (Fsp3) is 0.235. The Balaban J connectivity index is 1.72. The summed E-state index contributed by atoms with van der Waals surface area (Å²) in [6, 6.07) is 14.0. The van der Waals surface area contributed by atoms with Gasteiger partial charge in [-0.1, -0.05) is 24.3 Å². The molecule has 3 atom stereocenters. The summed E-state index contributed by atoms with van der Waals surface area (Å²) in [5, 5.41) is 17.2. The van der Waals surface area contributed by atoms with Crippen LogP contribution in [0.25, 0.3) is 0 Å². The molecule has 0 radical (unpaired) electrons. The molecule has 1 fully saturated rings. The van der Waals surface area contributed by atoms with E-state index >= 15 is 0 Å². The van der Waals surface area contributed by atoms with Crippen LogP contribution in [0.5, 0.6) is 0 Å². The Kier molecular flexibility index (Phi) is 3.16. The summed E-state index contributed by atoms with van der Waals surface area (Å²) >= 11 is 0. The second kappa shape index (κ2) is 5.23. The Morgan fingerprint density at radius 1 is 1.08 bits per heavy atom. The average Bonchev–Trinajstić information content (AvgIpc) is 2.91. The summed E-state index contributed by atoms with van der Waals surface area (Å²) < 4.78 is 0. The van der Waals surface area contributed by atoms with Crippen molar-refractivity contribution in [2.75, 3.05) is 17.3 Å². The molecule has 2 aromatic rings. The van der Waals surface area contributed by atoms with Crippen LogP contribution < -0.4 is 15.5 Å². The van der Waals surface area contributed by atoms with Gasteiger partial charge in [-0.2, -0.15) is 0 Å². The third kappa shape index (κ3) is 2.09. The first-order chi connectivity index (χ1) is 11.6. The lowest BCUT2D eigenvalue weighted by Crippen LogP contribution is -2.51. The fourth-order valence-corrected chi connectivity index (χ4v) is 3.63. The maximum Gasteiger partial charge on any atom is 0.269 e. The van der Waals surface area contributed by atoms with Crippen molar-refractivity contribution in [1.82, 2.24) is 5.32 Å². The molecular weight excluding hydrogens is 308 g/mol. The molecule has 24 heavy (non-hydrogen) atoms. The molecule has 0 spiro atoms. The smallest absolute Gasteiger partial charge is 0.269 e. The lowest BCUT2D eigenvalue weighted by Gasteiger charge is -2.40. The normalized spacial score (nSPS) is 24.6. The van der Waals surface area contributed by atoms with Gasteiger partial charge in [0.15, 0.2) is 0 Å². The van der Waals surface area contributed by atoms with Crippen molar-refractivity contribution in [3.8, 4) is 0 Å². The number of amides is 1. The fourth-order valence-electron chi connectivity index (χ4n) is 3.63. The van der Waals surface area contributed by atoms with E-state index in [0.29, 0.717) is 0 Å². The van der Waals surface area contributed by atoms with Crippen molar-refractivity contribution in [2.45, 2.75) is 18.1 Å². The molecule has 2 aliphatic heterocycles. The van der Waals surface area contributed by atoms with E-state index < -0.39 is 4.92 Å². The summed E-state index contributed by atoms with van der Waals surface area (Å²) in [5.41, 5.74) is 2.81. The van der Waals surface area contributed by atoms with E-state index in [9.17, 15) is 14.9 Å². The minimum Gasteiger partial charge on any atom is -0.365 e. The molecule has 1 saturated heterocycles. The van der Waals surface area contributed by atoms with Gasteiger partial charge in [-0.15, -0.1) is 0 Å². The number of hydrogen-bond acceptors (Lipinski definition) is 5. The maximum absolute atomic E-state index is 12.5. The second-order valence-electron chi connectivity index (χ2n) is 6.08. The molecule has 0 aromatic heterocycles. The number of carbonyl (C=O) groups excluding carboxylic acids is 1. The van der Waals surface area contributed by atoms with Crippen LogP contribution in [0.3, 0.4) is 0 Å². The molecule has 0 aliphatic carbocycles. The summed E-state index contributed by atoms with van der Waals surface area (Å²) in [6.07, 6.45) is -0.197. The largest absolute Gasteiger partial charge is 0.365 e. The number of non-ortho nitro benzene ring substituents is 1. The van der Waals surface area contributed by atoms with Gasteiger partial charge in [0.05, 0.1) is 28.3 Å². The van der Waals surface area contributed by atoms with Gasteiger partial charge in [-0.3, -0.25) is 14.9 Å². The molecule has 2 aliphatic rings. The highest BCUT2D eigenvalue weighted by Crippen LogP contribution is 2.40. The number of likely N-dealkylation sites (N-methyl/N-ethyl adjacent to an activating group) is 1. The van der Waals surface area contributed by atoms with E-state index in [1.807, 2.05) is 31.3 Å². The van der Waals surface area contributed by atoms with Gasteiger partial charge in [0.2, 0.25) is 5.91 Å².